The molecule has 1 N–H and O–H groups in total. The Kier molecular flexibility index (Phi) is 5.63. The normalized spacial score (nSPS) is 20.1. The molecular weight excluding hydrogens is 310 g/mol. The van der Waals surface area contributed by atoms with Crippen molar-refractivity contribution >= 4 is 23.5 Å². The van der Waals surface area contributed by atoms with E-state index in [2.05, 4.69) is 5.32 Å². The molecule has 1 aromatic rings. The Labute approximate surface area is 123 Å². The molecule has 0 radical (unpaired) electrons. The monoisotopic (exact) mass is 325 g/mol. The minimum absolute atomic E-state index is 0.0902. The number of thioether (sulfide) groups is 2. The Bertz CT molecular complexity index is 444. The van der Waals surface area contributed by atoms with E-state index < -0.39 is 17.6 Å². The van der Waals surface area contributed by atoms with Crippen LogP contribution in [-0.2, 0) is 12.7 Å². The molecule has 0 aromatic heterocycles. The number of alkyl halides is 3. The van der Waals surface area contributed by atoms with Crippen LogP contribution in [0.25, 0.3) is 0 Å². The lowest BCUT2D eigenvalue weighted by Gasteiger charge is -2.21. The minimum atomic E-state index is -4.52. The Balaban J connectivity index is 1.95. The summed E-state index contributed by atoms with van der Waals surface area (Å²) in [5.41, 5.74) is -0.803. The fourth-order valence-electron chi connectivity index (χ4n) is 1.99. The molecule has 2 rings (SSSR count). The van der Waals surface area contributed by atoms with E-state index in [0.29, 0.717) is 17.9 Å². The molecule has 0 amide bonds. The molecule has 1 saturated heterocycles. The van der Waals surface area contributed by atoms with Gasteiger partial charge in [0.05, 0.1) is 5.56 Å². The molecule has 0 saturated carbocycles. The topological polar surface area (TPSA) is 12.0 Å². The van der Waals surface area contributed by atoms with Crippen molar-refractivity contribution in [2.24, 2.45) is 0 Å². The van der Waals surface area contributed by atoms with Crippen LogP contribution < -0.4 is 5.32 Å². The maximum Gasteiger partial charge on any atom is 0.416 e. The van der Waals surface area contributed by atoms with Crippen molar-refractivity contribution < 1.29 is 17.6 Å². The summed E-state index contributed by atoms with van der Waals surface area (Å²) in [6.45, 7) is 0.781. The van der Waals surface area contributed by atoms with E-state index in [0.717, 1.165) is 23.3 Å². The molecule has 1 atom stereocenters. The molecular formula is C13H15F4NS2. The van der Waals surface area contributed by atoms with Crippen molar-refractivity contribution in [3.05, 3.63) is 35.1 Å². The molecule has 1 fully saturated rings. The fraction of sp³-hybridized carbons (Fsp3) is 0.538. The van der Waals surface area contributed by atoms with Gasteiger partial charge in [0, 0.05) is 35.6 Å². The van der Waals surface area contributed by atoms with Crippen LogP contribution >= 0.6 is 23.5 Å². The highest BCUT2D eigenvalue weighted by molar-refractivity contribution is 8.06. The molecule has 112 valence electrons. The number of halogens is 4. The zero-order valence-corrected chi connectivity index (χ0v) is 12.3. The zero-order chi connectivity index (χ0) is 14.6. The Morgan fingerprint density at radius 2 is 2.05 bits per heavy atom. The molecule has 1 aliphatic heterocycles. The Morgan fingerprint density at radius 1 is 1.25 bits per heavy atom. The Morgan fingerprint density at radius 3 is 2.70 bits per heavy atom. The summed E-state index contributed by atoms with van der Waals surface area (Å²) in [6.07, 6.45) is -4.52. The van der Waals surface area contributed by atoms with Gasteiger partial charge in [-0.25, -0.2) is 4.39 Å². The van der Waals surface area contributed by atoms with Gasteiger partial charge in [0.1, 0.15) is 5.82 Å². The predicted octanol–water partition coefficient (Wildman–Crippen LogP) is 3.78. The molecule has 20 heavy (non-hydrogen) atoms. The largest absolute Gasteiger partial charge is 0.416 e. The molecule has 1 unspecified atom stereocenters. The lowest BCUT2D eigenvalue weighted by molar-refractivity contribution is -0.138. The molecule has 0 spiro atoms. The van der Waals surface area contributed by atoms with Gasteiger partial charge < -0.3 is 5.32 Å². The molecule has 1 nitrogen and oxygen atoms in total. The van der Waals surface area contributed by atoms with Crippen LogP contribution in [0.2, 0.25) is 0 Å². The number of nitrogens with one attached hydrogen (secondary N) is 1. The van der Waals surface area contributed by atoms with Crippen LogP contribution in [0, 0.1) is 5.82 Å². The zero-order valence-electron chi connectivity index (χ0n) is 10.7. The molecule has 7 heteroatoms. The van der Waals surface area contributed by atoms with E-state index in [-0.39, 0.29) is 12.1 Å². The second-order valence-electron chi connectivity index (χ2n) is 4.50. The highest BCUT2D eigenvalue weighted by atomic mass is 32.2. The van der Waals surface area contributed by atoms with Gasteiger partial charge in [0.2, 0.25) is 0 Å². The summed E-state index contributed by atoms with van der Waals surface area (Å²) in [5.74, 6) is 2.38. The van der Waals surface area contributed by atoms with E-state index in [1.165, 1.54) is 6.07 Å². The van der Waals surface area contributed by atoms with Gasteiger partial charge in [-0.05, 0) is 17.7 Å². The first-order valence-corrected chi connectivity index (χ1v) is 8.43. The van der Waals surface area contributed by atoms with Crippen molar-refractivity contribution in [1.82, 2.24) is 5.32 Å². The smallest absolute Gasteiger partial charge is 0.312 e. The van der Waals surface area contributed by atoms with Crippen LogP contribution in [0.1, 0.15) is 11.1 Å². The lowest BCUT2D eigenvalue weighted by atomic mass is 10.1. The summed E-state index contributed by atoms with van der Waals surface area (Å²) in [6, 6.07) is 2.83. The van der Waals surface area contributed by atoms with Crippen LogP contribution in [0.5, 0.6) is 0 Å². The van der Waals surface area contributed by atoms with Crippen LogP contribution in [0.4, 0.5) is 17.6 Å². The van der Waals surface area contributed by atoms with Gasteiger partial charge >= 0.3 is 6.18 Å². The minimum Gasteiger partial charge on any atom is -0.312 e. The van der Waals surface area contributed by atoms with Gasteiger partial charge in [-0.15, -0.1) is 0 Å². The summed E-state index contributed by atoms with van der Waals surface area (Å²) in [7, 11) is 0. The molecule has 0 aliphatic carbocycles. The molecule has 1 aliphatic rings. The van der Waals surface area contributed by atoms with Crippen molar-refractivity contribution in [2.45, 2.75) is 18.0 Å². The van der Waals surface area contributed by atoms with Gasteiger partial charge in [-0.1, -0.05) is 6.07 Å². The maximum atomic E-state index is 13.0. The van der Waals surface area contributed by atoms with Gasteiger partial charge in [-0.3, -0.25) is 0 Å². The number of benzene rings is 1. The van der Waals surface area contributed by atoms with E-state index in [1.54, 1.807) is 0 Å². The van der Waals surface area contributed by atoms with Crippen molar-refractivity contribution in [2.75, 3.05) is 23.8 Å². The first-order chi connectivity index (χ1) is 9.47. The number of rotatable bonds is 4. The first-order valence-electron chi connectivity index (χ1n) is 6.22. The third-order valence-corrected chi connectivity index (χ3v) is 5.79. The lowest BCUT2D eigenvalue weighted by Crippen LogP contribution is -2.29. The molecule has 1 aromatic carbocycles. The van der Waals surface area contributed by atoms with Gasteiger partial charge in [0.15, 0.2) is 0 Å². The fourth-order valence-corrected chi connectivity index (χ4v) is 4.64. The van der Waals surface area contributed by atoms with Crippen molar-refractivity contribution in [1.29, 1.82) is 0 Å². The SMILES string of the molecule is Fc1ccc(CNCC2CSCCS2)c(C(F)(F)F)c1. The van der Waals surface area contributed by atoms with E-state index in [1.807, 2.05) is 23.5 Å². The second-order valence-corrected chi connectivity index (χ2v) is 7.06. The van der Waals surface area contributed by atoms with Crippen LogP contribution in [0.15, 0.2) is 18.2 Å². The van der Waals surface area contributed by atoms with E-state index in [9.17, 15) is 17.6 Å². The van der Waals surface area contributed by atoms with E-state index >= 15 is 0 Å². The highest BCUT2D eigenvalue weighted by Crippen LogP contribution is 2.32. The van der Waals surface area contributed by atoms with Crippen molar-refractivity contribution in [3.63, 3.8) is 0 Å². The maximum absolute atomic E-state index is 13.0. The molecule has 1 heterocycles. The average molecular weight is 325 g/mol. The number of hydrogen-bond acceptors (Lipinski definition) is 3. The third-order valence-electron chi connectivity index (χ3n) is 2.95. The summed E-state index contributed by atoms with van der Waals surface area (Å²) in [4.78, 5) is 0. The van der Waals surface area contributed by atoms with E-state index in [4.69, 9.17) is 0 Å². The summed E-state index contributed by atoms with van der Waals surface area (Å²) < 4.78 is 51.4. The summed E-state index contributed by atoms with van der Waals surface area (Å²) in [5, 5.41) is 3.48. The number of hydrogen-bond donors (Lipinski definition) is 1. The van der Waals surface area contributed by atoms with Gasteiger partial charge in [-0.2, -0.15) is 36.7 Å². The quantitative estimate of drug-likeness (QED) is 0.846. The first kappa shape index (κ1) is 16.0. The average Bonchev–Trinajstić information content (AvgIpc) is 2.40. The Hall–Kier alpha value is -0.400. The second kappa shape index (κ2) is 7.04. The highest BCUT2D eigenvalue weighted by Gasteiger charge is 2.33. The van der Waals surface area contributed by atoms with Crippen molar-refractivity contribution in [3.8, 4) is 0 Å². The third kappa shape index (κ3) is 4.56. The predicted molar refractivity (Wildman–Crippen MR) is 76.7 cm³/mol. The summed E-state index contributed by atoms with van der Waals surface area (Å²) >= 11 is 3.71. The standard InChI is InChI=1S/C13H15F4NS2/c14-10-2-1-9(12(5-10)13(15,16)17)6-18-7-11-8-19-3-4-20-11/h1-2,5,11,18H,3-4,6-8H2. The van der Waals surface area contributed by atoms with Crippen LogP contribution in [0.3, 0.4) is 0 Å². The van der Waals surface area contributed by atoms with Gasteiger partial charge in [0.25, 0.3) is 0 Å². The molecule has 0 bridgehead atoms. The van der Waals surface area contributed by atoms with Crippen LogP contribution in [-0.4, -0.2) is 29.1 Å².